The average Bonchev–Trinajstić information content (AvgIpc) is 3.23. The number of carbonyl (C=O) groups excluding carboxylic acids is 2. The third kappa shape index (κ3) is 4.12. The summed E-state index contributed by atoms with van der Waals surface area (Å²) in [5.74, 6) is -3.31. The van der Waals surface area contributed by atoms with E-state index in [0.717, 1.165) is 44.6 Å². The molecule has 1 aromatic carbocycles. The Hall–Kier alpha value is -2.83. The van der Waals surface area contributed by atoms with Crippen molar-refractivity contribution in [2.75, 3.05) is 12.4 Å². The smallest absolute Gasteiger partial charge is 0.228 e. The molecule has 7 heteroatoms. The van der Waals surface area contributed by atoms with Crippen molar-refractivity contribution in [3.8, 4) is 5.75 Å². The van der Waals surface area contributed by atoms with Crippen molar-refractivity contribution in [2.45, 2.75) is 57.8 Å². The van der Waals surface area contributed by atoms with Crippen LogP contribution in [0.3, 0.4) is 0 Å². The van der Waals surface area contributed by atoms with Gasteiger partial charge in [-0.25, -0.2) is 4.39 Å². The monoisotopic (exact) mass is 442 g/mol. The van der Waals surface area contributed by atoms with Gasteiger partial charge in [-0.2, -0.15) is 4.39 Å². The van der Waals surface area contributed by atoms with Gasteiger partial charge in [0, 0.05) is 23.9 Å². The molecule has 1 N–H and O–H groups in total. The maximum Gasteiger partial charge on any atom is 0.228 e. The van der Waals surface area contributed by atoms with E-state index < -0.39 is 17.6 Å². The summed E-state index contributed by atoms with van der Waals surface area (Å²) in [6.45, 7) is 1.42. The molecule has 2 atom stereocenters. The highest BCUT2D eigenvalue weighted by atomic mass is 19.2. The maximum atomic E-state index is 14.6. The first-order chi connectivity index (χ1) is 15.3. The Labute approximate surface area is 186 Å². The zero-order valence-corrected chi connectivity index (χ0v) is 18.4. The average molecular weight is 443 g/mol. The lowest BCUT2D eigenvalue weighted by atomic mass is 9.62. The molecular formula is C25H28F2N2O3. The molecule has 1 amide bonds. The third-order valence-electron chi connectivity index (χ3n) is 7.27. The summed E-state index contributed by atoms with van der Waals surface area (Å²) in [4.78, 5) is 29.3. The van der Waals surface area contributed by atoms with Crippen molar-refractivity contribution in [1.82, 2.24) is 4.98 Å². The van der Waals surface area contributed by atoms with Gasteiger partial charge in [0.05, 0.1) is 18.4 Å². The van der Waals surface area contributed by atoms with Gasteiger partial charge in [0.25, 0.3) is 0 Å². The summed E-state index contributed by atoms with van der Waals surface area (Å²) in [5, 5.41) is 2.90. The van der Waals surface area contributed by atoms with E-state index in [1.54, 1.807) is 12.1 Å². The molecule has 2 aliphatic rings. The Morgan fingerprint density at radius 3 is 2.59 bits per heavy atom. The number of amides is 1. The van der Waals surface area contributed by atoms with Crippen LogP contribution in [0.2, 0.25) is 0 Å². The summed E-state index contributed by atoms with van der Waals surface area (Å²) in [6, 6.07) is 4.25. The number of carbonyl (C=O) groups is 2. The van der Waals surface area contributed by atoms with E-state index >= 15 is 0 Å². The molecule has 0 aliphatic heterocycles. The van der Waals surface area contributed by atoms with E-state index in [1.165, 1.54) is 26.4 Å². The minimum atomic E-state index is -1.02. The molecule has 1 aromatic heterocycles. The SMILES string of the molecule is COc1c([C@@H]2CC3(CCCC3)CC[C@H]2C(=O)Nc2ccncc2C(C)=O)ccc(F)c1F. The van der Waals surface area contributed by atoms with Gasteiger partial charge in [-0.15, -0.1) is 0 Å². The fourth-order valence-electron chi connectivity index (χ4n) is 5.65. The van der Waals surface area contributed by atoms with E-state index in [-0.39, 0.29) is 28.8 Å². The quantitative estimate of drug-likeness (QED) is 0.607. The fourth-order valence-corrected chi connectivity index (χ4v) is 5.65. The van der Waals surface area contributed by atoms with Crippen LogP contribution < -0.4 is 10.1 Å². The Kier molecular flexibility index (Phi) is 6.26. The second-order valence-corrected chi connectivity index (χ2v) is 9.11. The molecule has 0 radical (unpaired) electrons. The maximum absolute atomic E-state index is 14.6. The molecule has 2 aliphatic carbocycles. The minimum absolute atomic E-state index is 0.124. The van der Waals surface area contributed by atoms with Crippen LogP contribution in [0.1, 0.15) is 73.7 Å². The lowest BCUT2D eigenvalue weighted by molar-refractivity contribution is -0.122. The Bertz CT molecular complexity index is 1030. The fraction of sp³-hybridized carbons (Fsp3) is 0.480. The van der Waals surface area contributed by atoms with Crippen molar-refractivity contribution in [3.63, 3.8) is 0 Å². The van der Waals surface area contributed by atoms with Gasteiger partial charge in [-0.3, -0.25) is 14.6 Å². The van der Waals surface area contributed by atoms with Gasteiger partial charge in [-0.1, -0.05) is 18.9 Å². The highest BCUT2D eigenvalue weighted by Crippen LogP contribution is 2.56. The van der Waals surface area contributed by atoms with Crippen LogP contribution in [0.15, 0.2) is 30.6 Å². The van der Waals surface area contributed by atoms with Crippen molar-refractivity contribution >= 4 is 17.4 Å². The lowest BCUT2D eigenvalue weighted by Crippen LogP contribution is -2.37. The number of aromatic nitrogens is 1. The number of pyridine rings is 1. The Balaban J connectivity index is 1.70. The van der Waals surface area contributed by atoms with Crippen molar-refractivity contribution in [2.24, 2.45) is 11.3 Å². The summed E-state index contributed by atoms with van der Waals surface area (Å²) >= 11 is 0. The first-order valence-corrected chi connectivity index (χ1v) is 11.1. The van der Waals surface area contributed by atoms with Crippen LogP contribution >= 0.6 is 0 Å². The van der Waals surface area contributed by atoms with Gasteiger partial charge in [-0.05, 0) is 62.5 Å². The molecule has 0 bridgehead atoms. The second kappa shape index (κ2) is 8.96. The summed E-state index contributed by atoms with van der Waals surface area (Å²) in [6.07, 6.45) is 9.71. The third-order valence-corrected chi connectivity index (χ3v) is 7.27. The molecule has 5 nitrogen and oxygen atoms in total. The molecule has 170 valence electrons. The second-order valence-electron chi connectivity index (χ2n) is 9.11. The van der Waals surface area contributed by atoms with Gasteiger partial charge in [0.15, 0.2) is 17.3 Å². The van der Waals surface area contributed by atoms with Gasteiger partial charge in [0.1, 0.15) is 0 Å². The number of anilines is 1. The highest BCUT2D eigenvalue weighted by molar-refractivity contribution is 6.04. The summed E-state index contributed by atoms with van der Waals surface area (Å²) in [7, 11) is 1.32. The van der Waals surface area contributed by atoms with Crippen molar-refractivity contribution in [1.29, 1.82) is 0 Å². The molecular weight excluding hydrogens is 414 g/mol. The predicted octanol–water partition coefficient (Wildman–Crippen LogP) is 5.65. The number of nitrogens with zero attached hydrogens (tertiary/aromatic N) is 1. The molecule has 2 aromatic rings. The van der Waals surface area contributed by atoms with Crippen LogP contribution in [-0.4, -0.2) is 23.8 Å². The molecule has 1 spiro atoms. The van der Waals surface area contributed by atoms with Crippen LogP contribution in [0.5, 0.6) is 5.75 Å². The molecule has 32 heavy (non-hydrogen) atoms. The number of hydrogen-bond acceptors (Lipinski definition) is 4. The number of hydrogen-bond donors (Lipinski definition) is 1. The summed E-state index contributed by atoms with van der Waals surface area (Å²) in [5.41, 5.74) is 1.40. The predicted molar refractivity (Wildman–Crippen MR) is 117 cm³/mol. The number of rotatable bonds is 5. The normalized spacial score (nSPS) is 22.0. The van der Waals surface area contributed by atoms with Crippen LogP contribution in [0.25, 0.3) is 0 Å². The van der Waals surface area contributed by atoms with E-state index in [1.807, 2.05) is 0 Å². The number of ketones is 1. The van der Waals surface area contributed by atoms with E-state index in [4.69, 9.17) is 4.74 Å². The number of nitrogens with one attached hydrogen (secondary N) is 1. The number of benzene rings is 1. The van der Waals surface area contributed by atoms with E-state index in [0.29, 0.717) is 23.2 Å². The van der Waals surface area contributed by atoms with E-state index in [9.17, 15) is 18.4 Å². The lowest BCUT2D eigenvalue weighted by Gasteiger charge is -2.43. The molecule has 0 saturated heterocycles. The number of Topliss-reactive ketones (excluding diaryl/α,β-unsaturated/α-hetero) is 1. The molecule has 0 unspecified atom stereocenters. The molecule has 4 rings (SSSR count). The molecule has 2 saturated carbocycles. The zero-order valence-electron chi connectivity index (χ0n) is 18.4. The Morgan fingerprint density at radius 2 is 1.91 bits per heavy atom. The van der Waals surface area contributed by atoms with Gasteiger partial charge in [0.2, 0.25) is 11.7 Å². The number of ether oxygens (including phenoxy) is 1. The number of methoxy groups -OCH3 is 1. The topological polar surface area (TPSA) is 68.3 Å². The molecule has 1 heterocycles. The first-order valence-electron chi connectivity index (χ1n) is 11.1. The number of halogens is 2. The zero-order chi connectivity index (χ0) is 22.9. The van der Waals surface area contributed by atoms with Gasteiger partial charge < -0.3 is 10.1 Å². The standard InChI is InChI=1S/C25H28F2N2O3/c1-15(30)19-14-28-12-8-21(19)29-24(31)17-7-11-25(9-3-4-10-25)13-18(17)16-5-6-20(26)22(27)23(16)32-2/h5-6,8,12,14,17-18H,3-4,7,9-11,13H2,1-2H3,(H,28,29,31)/t17-,18+/m1/s1. The minimum Gasteiger partial charge on any atom is -0.493 e. The van der Waals surface area contributed by atoms with Crippen LogP contribution in [0, 0.1) is 23.0 Å². The molecule has 2 fully saturated rings. The van der Waals surface area contributed by atoms with E-state index in [2.05, 4.69) is 10.3 Å². The first kappa shape index (κ1) is 22.4. The van der Waals surface area contributed by atoms with Crippen molar-refractivity contribution in [3.05, 3.63) is 53.4 Å². The Morgan fingerprint density at radius 1 is 1.16 bits per heavy atom. The summed E-state index contributed by atoms with van der Waals surface area (Å²) < 4.78 is 33.7. The largest absolute Gasteiger partial charge is 0.493 e. The van der Waals surface area contributed by atoms with Crippen LogP contribution in [-0.2, 0) is 4.79 Å². The van der Waals surface area contributed by atoms with Crippen LogP contribution in [0.4, 0.5) is 14.5 Å². The highest BCUT2D eigenvalue weighted by Gasteiger charge is 2.46. The van der Waals surface area contributed by atoms with Gasteiger partial charge >= 0.3 is 0 Å². The van der Waals surface area contributed by atoms with Crippen molar-refractivity contribution < 1.29 is 23.1 Å².